The van der Waals surface area contributed by atoms with Gasteiger partial charge in [-0.2, -0.15) is 0 Å². The Morgan fingerprint density at radius 2 is 1.81 bits per heavy atom. The fourth-order valence-corrected chi connectivity index (χ4v) is 4.14. The van der Waals surface area contributed by atoms with Crippen LogP contribution in [0.1, 0.15) is 28.8 Å². The predicted molar refractivity (Wildman–Crippen MR) is 71.9 cm³/mol. The average Bonchev–Trinajstić information content (AvgIpc) is 3.14. The van der Waals surface area contributed by atoms with Crippen molar-refractivity contribution in [2.75, 3.05) is 13.1 Å². The maximum absolute atomic E-state index is 14.1. The van der Waals surface area contributed by atoms with Crippen LogP contribution in [0.2, 0.25) is 0 Å². The molecular formula is C16H17F2NO2. The van der Waals surface area contributed by atoms with Gasteiger partial charge in [-0.15, -0.1) is 0 Å². The van der Waals surface area contributed by atoms with E-state index in [-0.39, 0.29) is 12.2 Å². The van der Waals surface area contributed by atoms with E-state index in [0.29, 0.717) is 30.5 Å². The molecule has 2 bridgehead atoms. The first-order valence-corrected chi connectivity index (χ1v) is 7.45. The molecule has 1 aromatic carbocycles. The summed E-state index contributed by atoms with van der Waals surface area (Å²) in [5, 5.41) is 0. The van der Waals surface area contributed by atoms with Crippen LogP contribution in [-0.4, -0.2) is 36.1 Å². The lowest BCUT2D eigenvalue weighted by Crippen LogP contribution is -2.32. The molecule has 3 nitrogen and oxygen atoms in total. The molecule has 112 valence electrons. The third kappa shape index (κ3) is 1.83. The molecule has 0 unspecified atom stereocenters. The third-order valence-corrected chi connectivity index (χ3v) is 5.24. The molecule has 0 aliphatic carbocycles. The van der Waals surface area contributed by atoms with Crippen LogP contribution < -0.4 is 0 Å². The lowest BCUT2D eigenvalue weighted by Gasteiger charge is -2.20. The number of ether oxygens (including phenoxy) is 1. The molecule has 0 aromatic heterocycles. The molecule has 3 aliphatic heterocycles. The van der Waals surface area contributed by atoms with Crippen LogP contribution in [0.15, 0.2) is 12.1 Å². The molecule has 0 saturated carbocycles. The van der Waals surface area contributed by atoms with Crippen molar-refractivity contribution in [1.82, 2.24) is 4.90 Å². The van der Waals surface area contributed by atoms with Gasteiger partial charge in [0.05, 0.1) is 12.2 Å². The van der Waals surface area contributed by atoms with E-state index in [9.17, 15) is 13.6 Å². The SMILES string of the molecule is Cc1ccc(F)c(C(=O)N2C[C@@H]3[C@H](C2)[C@H]2CC[C@@H]3O2)c1F. The molecule has 0 radical (unpaired) electrons. The van der Waals surface area contributed by atoms with Crippen molar-refractivity contribution < 1.29 is 18.3 Å². The van der Waals surface area contributed by atoms with E-state index >= 15 is 0 Å². The highest BCUT2D eigenvalue weighted by atomic mass is 19.1. The van der Waals surface area contributed by atoms with Gasteiger partial charge >= 0.3 is 0 Å². The maximum Gasteiger partial charge on any atom is 0.259 e. The standard InChI is InChI=1S/C16H17F2NO2/c1-8-2-3-11(17)14(15(8)18)16(20)19-6-9-10(7-19)13-5-4-12(9)21-13/h2-3,9-10,12-13H,4-7H2,1H3/t9-,10+,12+,13-. The van der Waals surface area contributed by atoms with Crippen molar-refractivity contribution in [2.45, 2.75) is 32.0 Å². The van der Waals surface area contributed by atoms with Crippen LogP contribution >= 0.6 is 0 Å². The van der Waals surface area contributed by atoms with Crippen LogP contribution in [0.25, 0.3) is 0 Å². The van der Waals surface area contributed by atoms with Gasteiger partial charge < -0.3 is 9.64 Å². The van der Waals surface area contributed by atoms with Gasteiger partial charge in [0.2, 0.25) is 0 Å². The number of fused-ring (bicyclic) bond motifs is 5. The minimum absolute atomic E-state index is 0.227. The minimum Gasteiger partial charge on any atom is -0.374 e. The average molecular weight is 293 g/mol. The van der Waals surface area contributed by atoms with Crippen molar-refractivity contribution in [3.05, 3.63) is 34.9 Å². The minimum atomic E-state index is -0.778. The number of likely N-dealkylation sites (tertiary alicyclic amines) is 1. The Balaban J connectivity index is 1.61. The summed E-state index contributed by atoms with van der Waals surface area (Å²) in [5.41, 5.74) is -0.120. The highest BCUT2D eigenvalue weighted by Gasteiger charge is 2.54. The van der Waals surface area contributed by atoms with Crippen molar-refractivity contribution in [3.8, 4) is 0 Å². The Kier molecular flexibility index (Phi) is 2.83. The zero-order valence-electron chi connectivity index (χ0n) is 11.8. The summed E-state index contributed by atoms with van der Waals surface area (Å²) >= 11 is 0. The Labute approximate surface area is 121 Å². The summed E-state index contributed by atoms with van der Waals surface area (Å²) in [5.74, 6) is -1.37. The first-order chi connectivity index (χ1) is 10.1. The molecule has 3 fully saturated rings. The van der Waals surface area contributed by atoms with E-state index in [1.165, 1.54) is 6.07 Å². The molecule has 4 atom stereocenters. The molecule has 0 spiro atoms. The highest BCUT2D eigenvalue weighted by Crippen LogP contribution is 2.47. The molecule has 21 heavy (non-hydrogen) atoms. The smallest absolute Gasteiger partial charge is 0.259 e. The molecule has 3 saturated heterocycles. The van der Waals surface area contributed by atoms with Gasteiger partial charge in [-0.25, -0.2) is 8.78 Å². The van der Waals surface area contributed by atoms with E-state index in [2.05, 4.69) is 0 Å². The summed E-state index contributed by atoms with van der Waals surface area (Å²) in [7, 11) is 0. The van der Waals surface area contributed by atoms with Crippen molar-refractivity contribution in [2.24, 2.45) is 11.8 Å². The molecule has 4 rings (SSSR count). The number of hydrogen-bond donors (Lipinski definition) is 0. The largest absolute Gasteiger partial charge is 0.374 e. The van der Waals surface area contributed by atoms with Gasteiger partial charge in [-0.3, -0.25) is 4.79 Å². The van der Waals surface area contributed by atoms with Crippen molar-refractivity contribution in [3.63, 3.8) is 0 Å². The van der Waals surface area contributed by atoms with Crippen LogP contribution in [0.5, 0.6) is 0 Å². The number of halogens is 2. The first kappa shape index (κ1) is 13.2. The molecule has 5 heteroatoms. The second-order valence-corrected chi connectivity index (χ2v) is 6.38. The van der Waals surface area contributed by atoms with Gasteiger partial charge in [-0.1, -0.05) is 6.07 Å². The number of carbonyl (C=O) groups is 1. The fraction of sp³-hybridized carbons (Fsp3) is 0.562. The number of hydrogen-bond acceptors (Lipinski definition) is 2. The third-order valence-electron chi connectivity index (χ3n) is 5.24. The second kappa shape index (κ2) is 4.50. The summed E-state index contributed by atoms with van der Waals surface area (Å²) in [6.45, 7) is 2.65. The fourth-order valence-electron chi connectivity index (χ4n) is 4.14. The zero-order valence-corrected chi connectivity index (χ0v) is 11.8. The summed E-state index contributed by atoms with van der Waals surface area (Å²) in [6.07, 6.45) is 2.54. The van der Waals surface area contributed by atoms with Gasteiger partial charge in [0.15, 0.2) is 0 Å². The molecule has 1 amide bonds. The summed E-state index contributed by atoms with van der Waals surface area (Å²) in [4.78, 5) is 14.1. The molecule has 0 N–H and O–H groups in total. The zero-order chi connectivity index (χ0) is 14.7. The predicted octanol–water partition coefficient (Wildman–Crippen LogP) is 2.52. The Hall–Kier alpha value is -1.49. The summed E-state index contributed by atoms with van der Waals surface area (Å²) in [6, 6.07) is 2.52. The van der Waals surface area contributed by atoms with Crippen molar-refractivity contribution in [1.29, 1.82) is 0 Å². The Morgan fingerprint density at radius 3 is 2.43 bits per heavy atom. The monoisotopic (exact) mass is 293 g/mol. The summed E-state index contributed by atoms with van der Waals surface area (Å²) < 4.78 is 33.8. The van der Waals surface area contributed by atoms with Crippen LogP contribution in [-0.2, 0) is 4.74 Å². The van der Waals surface area contributed by atoms with Gasteiger partial charge in [-0.05, 0) is 31.4 Å². The van der Waals surface area contributed by atoms with Gasteiger partial charge in [0, 0.05) is 24.9 Å². The Bertz CT molecular complexity index is 601. The van der Waals surface area contributed by atoms with E-state index in [4.69, 9.17) is 4.74 Å². The number of amides is 1. The van der Waals surface area contributed by atoms with Crippen LogP contribution in [0.3, 0.4) is 0 Å². The highest BCUT2D eigenvalue weighted by molar-refractivity contribution is 5.95. The van der Waals surface area contributed by atoms with E-state index in [1.54, 1.807) is 11.8 Å². The number of benzene rings is 1. The number of aryl methyl sites for hydroxylation is 1. The quantitative estimate of drug-likeness (QED) is 0.796. The van der Waals surface area contributed by atoms with E-state index in [0.717, 1.165) is 18.9 Å². The topological polar surface area (TPSA) is 29.5 Å². The molecule has 3 aliphatic rings. The lowest BCUT2D eigenvalue weighted by molar-refractivity contribution is 0.0589. The van der Waals surface area contributed by atoms with E-state index < -0.39 is 23.1 Å². The normalized spacial score (nSPS) is 33.6. The number of nitrogens with zero attached hydrogens (tertiary/aromatic N) is 1. The van der Waals surface area contributed by atoms with Crippen LogP contribution in [0, 0.1) is 30.4 Å². The van der Waals surface area contributed by atoms with E-state index in [1.807, 2.05) is 0 Å². The number of carbonyl (C=O) groups excluding carboxylic acids is 1. The maximum atomic E-state index is 14.1. The Morgan fingerprint density at radius 1 is 1.19 bits per heavy atom. The molecule has 1 aromatic rings. The molecular weight excluding hydrogens is 276 g/mol. The van der Waals surface area contributed by atoms with Crippen LogP contribution in [0.4, 0.5) is 8.78 Å². The second-order valence-electron chi connectivity index (χ2n) is 6.38. The number of rotatable bonds is 1. The first-order valence-electron chi connectivity index (χ1n) is 7.45. The van der Waals surface area contributed by atoms with Gasteiger partial charge in [0.1, 0.15) is 17.2 Å². The van der Waals surface area contributed by atoms with Crippen molar-refractivity contribution >= 4 is 5.91 Å². The van der Waals surface area contributed by atoms with Gasteiger partial charge in [0.25, 0.3) is 5.91 Å². The molecule has 3 heterocycles. The lowest BCUT2D eigenvalue weighted by atomic mass is 9.82.